The van der Waals surface area contributed by atoms with Crippen LogP contribution in [0.4, 0.5) is 0 Å². The van der Waals surface area contributed by atoms with Gasteiger partial charge in [-0.15, -0.1) is 6.58 Å². The van der Waals surface area contributed by atoms with Crippen LogP contribution >= 0.6 is 0 Å². The summed E-state index contributed by atoms with van der Waals surface area (Å²) in [6.07, 6.45) is 5.79. The first-order valence-electron chi connectivity index (χ1n) is 10.1. The van der Waals surface area contributed by atoms with Crippen molar-refractivity contribution in [1.82, 2.24) is 9.78 Å². The molecule has 1 aromatic heterocycles. The first kappa shape index (κ1) is 21.1. The van der Waals surface area contributed by atoms with Gasteiger partial charge in [0.25, 0.3) is 5.90 Å². The number of aromatic nitrogens is 2. The highest BCUT2D eigenvalue weighted by molar-refractivity contribution is 5.97. The zero-order valence-electron chi connectivity index (χ0n) is 18.3. The number of hydrogen-bond donors (Lipinski definition) is 1. The molecule has 154 valence electrons. The van der Waals surface area contributed by atoms with Crippen molar-refractivity contribution in [3.8, 4) is 0 Å². The van der Waals surface area contributed by atoms with Crippen molar-refractivity contribution in [2.24, 2.45) is 23.4 Å². The van der Waals surface area contributed by atoms with Gasteiger partial charge in [0.05, 0.1) is 5.70 Å². The number of benzene rings is 1. The lowest BCUT2D eigenvalue weighted by Gasteiger charge is -2.29. The number of nitrogens with two attached hydrogens (primary N) is 1. The predicted octanol–water partition coefficient (Wildman–Crippen LogP) is 4.59. The van der Waals surface area contributed by atoms with Gasteiger partial charge in [-0.05, 0) is 73.8 Å². The molecule has 2 aromatic rings. The molecule has 0 amide bonds. The number of fused-ring (bicyclic) bond motifs is 1. The van der Waals surface area contributed by atoms with E-state index in [1.807, 2.05) is 17.8 Å². The highest BCUT2D eigenvalue weighted by Crippen LogP contribution is 2.36. The minimum absolute atomic E-state index is 0.269. The van der Waals surface area contributed by atoms with E-state index >= 15 is 0 Å². The van der Waals surface area contributed by atoms with E-state index < -0.39 is 0 Å². The standard InChI is InChI=1S/C24H32N4O/c1-8-9-19-15(2)12-18(13-16(19)3)17(4)26-23(29-25)22-20-10-11-24(5,6)14-21(20)28(7)27-22/h8,12-13H,1,4,9-11,14,25H2,2-3,5-7H3/b26-23-. The summed E-state index contributed by atoms with van der Waals surface area (Å²) in [5, 5.41) is 4.68. The van der Waals surface area contributed by atoms with Crippen molar-refractivity contribution < 1.29 is 4.84 Å². The Morgan fingerprint density at radius 1 is 1.34 bits per heavy atom. The average Bonchev–Trinajstić information content (AvgIpc) is 2.97. The molecule has 0 spiro atoms. The van der Waals surface area contributed by atoms with E-state index in [9.17, 15) is 0 Å². The quantitative estimate of drug-likeness (QED) is 0.350. The van der Waals surface area contributed by atoms with Gasteiger partial charge in [0.1, 0.15) is 0 Å². The molecule has 1 aliphatic rings. The second kappa shape index (κ2) is 7.99. The molecular weight excluding hydrogens is 360 g/mol. The Kier molecular flexibility index (Phi) is 5.80. The zero-order valence-corrected chi connectivity index (χ0v) is 18.3. The molecule has 5 heteroatoms. The Morgan fingerprint density at radius 2 is 2.00 bits per heavy atom. The number of aliphatic imine (C=N–C) groups is 1. The summed E-state index contributed by atoms with van der Waals surface area (Å²) in [6.45, 7) is 16.8. The number of hydrogen-bond acceptors (Lipinski definition) is 4. The molecule has 1 aromatic carbocycles. The lowest BCUT2D eigenvalue weighted by atomic mass is 9.76. The van der Waals surface area contributed by atoms with Crippen molar-refractivity contribution in [1.29, 1.82) is 0 Å². The number of aryl methyl sites for hydroxylation is 3. The third-order valence-corrected chi connectivity index (χ3v) is 5.90. The van der Waals surface area contributed by atoms with Crippen LogP contribution in [0.5, 0.6) is 0 Å². The minimum Gasteiger partial charge on any atom is -0.389 e. The third kappa shape index (κ3) is 4.20. The molecule has 0 saturated carbocycles. The molecule has 0 unspecified atom stereocenters. The molecule has 0 bridgehead atoms. The fraction of sp³-hybridized carbons (Fsp3) is 0.417. The smallest absolute Gasteiger partial charge is 0.266 e. The van der Waals surface area contributed by atoms with Crippen LogP contribution in [-0.2, 0) is 31.1 Å². The molecule has 0 aliphatic heterocycles. The summed E-state index contributed by atoms with van der Waals surface area (Å²) in [5.41, 5.74) is 8.64. The van der Waals surface area contributed by atoms with Gasteiger partial charge >= 0.3 is 0 Å². The molecule has 0 fully saturated rings. The molecule has 29 heavy (non-hydrogen) atoms. The third-order valence-electron chi connectivity index (χ3n) is 5.90. The molecule has 2 N–H and O–H groups in total. The van der Waals surface area contributed by atoms with Crippen LogP contribution in [-0.4, -0.2) is 15.7 Å². The van der Waals surface area contributed by atoms with Gasteiger partial charge in [-0.25, -0.2) is 4.99 Å². The molecule has 0 saturated heterocycles. The van der Waals surface area contributed by atoms with E-state index in [2.05, 4.69) is 63.1 Å². The maximum absolute atomic E-state index is 5.62. The zero-order chi connectivity index (χ0) is 21.3. The molecule has 0 atom stereocenters. The SMILES string of the molecule is C=CCc1c(C)cc(C(=C)/N=C(\ON)c2nn(C)c3c2CCC(C)(C)C3)cc1C. The van der Waals surface area contributed by atoms with Crippen molar-refractivity contribution in [2.75, 3.05) is 0 Å². The number of rotatable bonds is 5. The van der Waals surface area contributed by atoms with E-state index in [1.165, 1.54) is 27.9 Å². The highest BCUT2D eigenvalue weighted by Gasteiger charge is 2.32. The lowest BCUT2D eigenvalue weighted by molar-refractivity contribution is 0.305. The Hall–Kier alpha value is -2.66. The van der Waals surface area contributed by atoms with Gasteiger partial charge in [-0.2, -0.15) is 11.0 Å². The van der Waals surface area contributed by atoms with Gasteiger partial charge in [0.15, 0.2) is 5.69 Å². The number of nitrogens with zero attached hydrogens (tertiary/aromatic N) is 3. The largest absolute Gasteiger partial charge is 0.389 e. The second-order valence-electron chi connectivity index (χ2n) is 8.80. The van der Waals surface area contributed by atoms with Crippen LogP contribution in [0.25, 0.3) is 5.70 Å². The Bertz CT molecular complexity index is 972. The highest BCUT2D eigenvalue weighted by atomic mass is 16.6. The van der Waals surface area contributed by atoms with Crippen LogP contribution < -0.4 is 5.90 Å². The summed E-state index contributed by atoms with van der Waals surface area (Å²) < 4.78 is 1.93. The molecule has 0 radical (unpaired) electrons. The monoisotopic (exact) mass is 392 g/mol. The topological polar surface area (TPSA) is 65.4 Å². The van der Waals surface area contributed by atoms with Crippen LogP contribution in [0.2, 0.25) is 0 Å². The molecule has 1 aliphatic carbocycles. The fourth-order valence-electron chi connectivity index (χ4n) is 4.21. The summed E-state index contributed by atoms with van der Waals surface area (Å²) >= 11 is 0. The van der Waals surface area contributed by atoms with Crippen LogP contribution in [0.15, 0.2) is 36.4 Å². The van der Waals surface area contributed by atoms with Gasteiger partial charge in [0, 0.05) is 23.9 Å². The van der Waals surface area contributed by atoms with Gasteiger partial charge in [-0.1, -0.05) is 26.5 Å². The fourth-order valence-corrected chi connectivity index (χ4v) is 4.21. The molecule has 5 nitrogen and oxygen atoms in total. The predicted molar refractivity (Wildman–Crippen MR) is 120 cm³/mol. The van der Waals surface area contributed by atoms with Crippen molar-refractivity contribution >= 4 is 11.6 Å². The summed E-state index contributed by atoms with van der Waals surface area (Å²) in [6, 6.07) is 4.20. The van der Waals surface area contributed by atoms with E-state index in [4.69, 9.17) is 10.7 Å². The van der Waals surface area contributed by atoms with Crippen LogP contribution in [0.1, 0.15) is 59.5 Å². The van der Waals surface area contributed by atoms with E-state index in [0.717, 1.165) is 36.9 Å². The van der Waals surface area contributed by atoms with E-state index in [-0.39, 0.29) is 5.41 Å². The maximum atomic E-state index is 5.62. The minimum atomic E-state index is 0.269. The first-order chi connectivity index (χ1) is 13.7. The average molecular weight is 393 g/mol. The number of allylic oxidation sites excluding steroid dienone is 1. The summed E-state index contributed by atoms with van der Waals surface area (Å²) in [7, 11) is 1.97. The summed E-state index contributed by atoms with van der Waals surface area (Å²) in [4.78, 5) is 9.81. The normalized spacial score (nSPS) is 15.7. The van der Waals surface area contributed by atoms with Crippen LogP contribution in [0.3, 0.4) is 0 Å². The molecular formula is C24H32N4O. The van der Waals surface area contributed by atoms with Gasteiger partial charge in [-0.3, -0.25) is 4.68 Å². The summed E-state index contributed by atoms with van der Waals surface area (Å²) in [5.74, 6) is 5.93. The molecule has 3 rings (SSSR count). The molecule has 1 heterocycles. The van der Waals surface area contributed by atoms with E-state index in [0.29, 0.717) is 11.6 Å². The Morgan fingerprint density at radius 3 is 2.59 bits per heavy atom. The lowest BCUT2D eigenvalue weighted by Crippen LogP contribution is -2.24. The van der Waals surface area contributed by atoms with Gasteiger partial charge in [0.2, 0.25) is 0 Å². The maximum Gasteiger partial charge on any atom is 0.266 e. The van der Waals surface area contributed by atoms with Crippen molar-refractivity contribution in [2.45, 2.75) is 53.4 Å². The first-order valence-corrected chi connectivity index (χ1v) is 10.1. The Labute approximate surface area is 173 Å². The Balaban J connectivity index is 1.98. The van der Waals surface area contributed by atoms with Crippen molar-refractivity contribution in [3.05, 3.63) is 70.6 Å². The second-order valence-corrected chi connectivity index (χ2v) is 8.80. The van der Waals surface area contributed by atoms with Crippen LogP contribution in [0, 0.1) is 19.3 Å². The van der Waals surface area contributed by atoms with E-state index in [1.54, 1.807) is 0 Å². The van der Waals surface area contributed by atoms with Gasteiger partial charge < -0.3 is 4.84 Å². The van der Waals surface area contributed by atoms with Crippen molar-refractivity contribution in [3.63, 3.8) is 0 Å².